The van der Waals surface area contributed by atoms with Crippen molar-refractivity contribution in [2.24, 2.45) is 0 Å². The zero-order valence-corrected chi connectivity index (χ0v) is 11.6. The molecule has 1 aromatic heterocycles. The summed E-state index contributed by atoms with van der Waals surface area (Å²) in [4.78, 5) is 25.4. The van der Waals surface area contributed by atoms with E-state index in [-0.39, 0.29) is 17.5 Å². The summed E-state index contributed by atoms with van der Waals surface area (Å²) in [5.41, 5.74) is 0.224. The molecule has 5 nitrogen and oxygen atoms in total. The molecule has 0 aliphatic rings. The van der Waals surface area contributed by atoms with Gasteiger partial charge in [0.25, 0.3) is 5.56 Å². The Kier molecular flexibility index (Phi) is 4.08. The molecule has 1 atom stereocenters. The van der Waals surface area contributed by atoms with E-state index in [1.165, 1.54) is 17.1 Å². The summed E-state index contributed by atoms with van der Waals surface area (Å²) in [5, 5.41) is 9.97. The van der Waals surface area contributed by atoms with E-state index in [1.54, 1.807) is 0 Å². The van der Waals surface area contributed by atoms with E-state index in [0.29, 0.717) is 6.42 Å². The molecule has 0 saturated carbocycles. The lowest BCUT2D eigenvalue weighted by Gasteiger charge is -2.17. The molecule has 106 valence electrons. The Labute approximate surface area is 116 Å². The molecule has 1 heterocycles. The van der Waals surface area contributed by atoms with E-state index in [0.717, 1.165) is 6.42 Å². The fourth-order valence-electron chi connectivity index (χ4n) is 2.19. The van der Waals surface area contributed by atoms with Gasteiger partial charge in [-0.25, -0.2) is 4.79 Å². The van der Waals surface area contributed by atoms with Crippen molar-refractivity contribution in [1.29, 1.82) is 0 Å². The van der Waals surface area contributed by atoms with Gasteiger partial charge >= 0.3 is 5.69 Å². The summed E-state index contributed by atoms with van der Waals surface area (Å²) >= 11 is 0. The largest absolute Gasteiger partial charge is 0.494 e. The molecule has 0 bridgehead atoms. The molecule has 2 rings (SSSR count). The number of H-pyrrole nitrogens is 1. The minimum Gasteiger partial charge on any atom is -0.494 e. The lowest BCUT2D eigenvalue weighted by atomic mass is 10.1. The van der Waals surface area contributed by atoms with E-state index >= 15 is 0 Å². The molecule has 0 amide bonds. The summed E-state index contributed by atoms with van der Waals surface area (Å²) in [7, 11) is 0. The quantitative estimate of drug-likeness (QED) is 0.891. The molecule has 0 saturated heterocycles. The second kappa shape index (κ2) is 5.77. The standard InChI is InChI=1S/C15H18N2O3/c1-10(8-9-12-6-4-3-5-7-12)17-14(19)11(2)13(18)16-15(17)20/h3-7,10,19H,8-9H2,1-2H3,(H,16,18,20). The van der Waals surface area contributed by atoms with Crippen LogP contribution in [0, 0.1) is 6.92 Å². The van der Waals surface area contributed by atoms with Crippen molar-refractivity contribution >= 4 is 0 Å². The lowest BCUT2D eigenvalue weighted by molar-refractivity contribution is 0.358. The molecule has 1 unspecified atom stereocenters. The third-order valence-corrected chi connectivity index (χ3v) is 3.48. The first kappa shape index (κ1) is 14.1. The van der Waals surface area contributed by atoms with Gasteiger partial charge in [0.1, 0.15) is 0 Å². The zero-order chi connectivity index (χ0) is 14.7. The zero-order valence-electron chi connectivity index (χ0n) is 11.6. The molecule has 0 spiro atoms. The maximum absolute atomic E-state index is 11.8. The Morgan fingerprint density at radius 3 is 2.55 bits per heavy atom. The van der Waals surface area contributed by atoms with Crippen LogP contribution < -0.4 is 11.2 Å². The minimum absolute atomic E-state index is 0.163. The summed E-state index contributed by atoms with van der Waals surface area (Å²) < 4.78 is 1.24. The smallest absolute Gasteiger partial charge is 0.331 e. The van der Waals surface area contributed by atoms with Crippen LogP contribution in [-0.2, 0) is 6.42 Å². The normalized spacial score (nSPS) is 12.3. The van der Waals surface area contributed by atoms with Crippen LogP contribution in [0.25, 0.3) is 0 Å². The minimum atomic E-state index is -0.571. The molecule has 0 aliphatic carbocycles. The Bertz CT molecular complexity index is 701. The Hall–Kier alpha value is -2.30. The summed E-state index contributed by atoms with van der Waals surface area (Å²) in [6.07, 6.45) is 1.50. The van der Waals surface area contributed by atoms with E-state index in [9.17, 15) is 14.7 Å². The number of benzene rings is 1. The summed E-state index contributed by atoms with van der Waals surface area (Å²) in [6.45, 7) is 3.34. The number of nitrogens with zero attached hydrogens (tertiary/aromatic N) is 1. The number of aromatic nitrogens is 2. The molecule has 20 heavy (non-hydrogen) atoms. The van der Waals surface area contributed by atoms with Gasteiger partial charge in [-0.15, -0.1) is 0 Å². The fourth-order valence-corrected chi connectivity index (χ4v) is 2.19. The number of hydrogen-bond donors (Lipinski definition) is 2. The number of aromatic hydroxyl groups is 1. The average molecular weight is 274 g/mol. The van der Waals surface area contributed by atoms with Gasteiger partial charge < -0.3 is 5.11 Å². The van der Waals surface area contributed by atoms with Crippen LogP contribution in [0.2, 0.25) is 0 Å². The Morgan fingerprint density at radius 1 is 1.25 bits per heavy atom. The van der Waals surface area contributed by atoms with Crippen molar-refractivity contribution in [3.05, 3.63) is 62.3 Å². The highest BCUT2D eigenvalue weighted by Crippen LogP contribution is 2.19. The van der Waals surface area contributed by atoms with E-state index < -0.39 is 11.2 Å². The molecule has 2 N–H and O–H groups in total. The van der Waals surface area contributed by atoms with Crippen molar-refractivity contribution in [2.45, 2.75) is 32.7 Å². The monoisotopic (exact) mass is 274 g/mol. The van der Waals surface area contributed by atoms with Gasteiger partial charge in [-0.1, -0.05) is 30.3 Å². The predicted molar refractivity (Wildman–Crippen MR) is 77.2 cm³/mol. The molecule has 5 heteroatoms. The van der Waals surface area contributed by atoms with Crippen molar-refractivity contribution < 1.29 is 5.11 Å². The van der Waals surface area contributed by atoms with Crippen molar-refractivity contribution in [1.82, 2.24) is 9.55 Å². The van der Waals surface area contributed by atoms with Gasteiger partial charge in [-0.3, -0.25) is 14.3 Å². The molecule has 1 aromatic carbocycles. The molecular formula is C15H18N2O3. The Morgan fingerprint density at radius 2 is 1.90 bits per heavy atom. The second-order valence-electron chi connectivity index (χ2n) is 4.95. The lowest BCUT2D eigenvalue weighted by Crippen LogP contribution is -2.33. The number of nitrogens with one attached hydrogen (secondary N) is 1. The first-order valence-corrected chi connectivity index (χ1v) is 6.59. The maximum Gasteiger partial charge on any atom is 0.331 e. The van der Waals surface area contributed by atoms with Gasteiger partial charge in [0.2, 0.25) is 5.88 Å². The van der Waals surface area contributed by atoms with Gasteiger partial charge in [0.15, 0.2) is 0 Å². The van der Waals surface area contributed by atoms with E-state index in [4.69, 9.17) is 0 Å². The predicted octanol–water partition coefficient (Wildman–Crippen LogP) is 1.74. The molecule has 0 fully saturated rings. The van der Waals surface area contributed by atoms with Crippen LogP contribution in [0.5, 0.6) is 5.88 Å². The van der Waals surface area contributed by atoms with Crippen LogP contribution >= 0.6 is 0 Å². The van der Waals surface area contributed by atoms with Crippen LogP contribution in [0.3, 0.4) is 0 Å². The second-order valence-corrected chi connectivity index (χ2v) is 4.95. The molecule has 0 radical (unpaired) electrons. The number of rotatable bonds is 4. The molecule has 0 aliphatic heterocycles. The molecular weight excluding hydrogens is 256 g/mol. The molecule has 2 aromatic rings. The van der Waals surface area contributed by atoms with Gasteiger partial charge in [0.05, 0.1) is 5.56 Å². The van der Waals surface area contributed by atoms with E-state index in [2.05, 4.69) is 4.98 Å². The number of aryl methyl sites for hydroxylation is 1. The maximum atomic E-state index is 11.8. The third-order valence-electron chi connectivity index (χ3n) is 3.48. The topological polar surface area (TPSA) is 75.1 Å². The van der Waals surface area contributed by atoms with Crippen molar-refractivity contribution in [3.63, 3.8) is 0 Å². The summed E-state index contributed by atoms with van der Waals surface area (Å²) in [6, 6.07) is 9.73. The van der Waals surface area contributed by atoms with Gasteiger partial charge in [-0.05, 0) is 32.3 Å². The van der Waals surface area contributed by atoms with Crippen molar-refractivity contribution in [2.75, 3.05) is 0 Å². The SMILES string of the molecule is Cc1c(O)n(C(C)CCc2ccccc2)c(=O)[nH]c1=O. The van der Waals surface area contributed by atoms with Crippen molar-refractivity contribution in [3.8, 4) is 5.88 Å². The summed E-state index contributed by atoms with van der Waals surface area (Å²) in [5.74, 6) is -0.251. The average Bonchev–Trinajstić information content (AvgIpc) is 2.44. The number of aromatic amines is 1. The third kappa shape index (κ3) is 2.82. The number of hydrogen-bond acceptors (Lipinski definition) is 3. The van der Waals surface area contributed by atoms with Gasteiger partial charge in [-0.2, -0.15) is 0 Å². The first-order chi connectivity index (χ1) is 9.50. The van der Waals surface area contributed by atoms with E-state index in [1.807, 2.05) is 37.3 Å². The van der Waals surface area contributed by atoms with Crippen LogP contribution in [-0.4, -0.2) is 14.7 Å². The highest BCUT2D eigenvalue weighted by atomic mass is 16.3. The van der Waals surface area contributed by atoms with Crippen LogP contribution in [0.15, 0.2) is 39.9 Å². The Balaban J connectivity index is 2.22. The fraction of sp³-hybridized carbons (Fsp3) is 0.333. The first-order valence-electron chi connectivity index (χ1n) is 6.59. The van der Waals surface area contributed by atoms with Gasteiger partial charge in [0, 0.05) is 6.04 Å². The van der Waals surface area contributed by atoms with Crippen LogP contribution in [0.1, 0.15) is 30.5 Å². The highest BCUT2D eigenvalue weighted by Gasteiger charge is 2.15. The highest BCUT2D eigenvalue weighted by molar-refractivity contribution is 5.21. The van der Waals surface area contributed by atoms with Crippen LogP contribution in [0.4, 0.5) is 0 Å².